The first kappa shape index (κ1) is 21.5. The van der Waals surface area contributed by atoms with Crippen molar-refractivity contribution in [1.29, 1.82) is 0 Å². The van der Waals surface area contributed by atoms with Crippen LogP contribution in [0.5, 0.6) is 11.5 Å². The number of carboxylic acid groups (broad SMARTS) is 2. The van der Waals surface area contributed by atoms with Gasteiger partial charge in [0.2, 0.25) is 6.10 Å². The minimum absolute atomic E-state index is 0.0922. The summed E-state index contributed by atoms with van der Waals surface area (Å²) in [6.07, 6.45) is 5.36. The van der Waals surface area contributed by atoms with Crippen LogP contribution in [0.4, 0.5) is 0 Å². The Labute approximate surface area is 191 Å². The molecule has 4 bridgehead atoms. The fourth-order valence-corrected chi connectivity index (χ4v) is 6.60. The van der Waals surface area contributed by atoms with Gasteiger partial charge in [-0.3, -0.25) is 0 Å². The van der Waals surface area contributed by atoms with Crippen LogP contribution in [0.15, 0.2) is 48.5 Å². The average Bonchev–Trinajstić information content (AvgIpc) is 2.77. The Morgan fingerprint density at radius 1 is 0.818 bits per heavy atom. The monoisotopic (exact) mass is 450 g/mol. The lowest BCUT2D eigenvalue weighted by Crippen LogP contribution is -2.55. The van der Waals surface area contributed by atoms with Crippen LogP contribution in [0.25, 0.3) is 0 Å². The van der Waals surface area contributed by atoms with Gasteiger partial charge in [0.15, 0.2) is 0 Å². The number of hydrogen-bond acceptors (Lipinski definition) is 5. The molecule has 2 aromatic rings. The highest BCUT2D eigenvalue weighted by molar-refractivity contribution is 5.92. The van der Waals surface area contributed by atoms with Crippen LogP contribution in [-0.2, 0) is 4.79 Å². The molecule has 0 heterocycles. The third-order valence-corrected chi connectivity index (χ3v) is 7.50. The maximum Gasteiger partial charge on any atom is 0.345 e. The van der Waals surface area contributed by atoms with Crippen LogP contribution in [0.1, 0.15) is 59.2 Å². The Kier molecular flexibility index (Phi) is 5.35. The Balaban J connectivity index is 1.32. The third kappa shape index (κ3) is 4.19. The van der Waals surface area contributed by atoms with Crippen LogP contribution in [-0.4, -0.2) is 34.2 Å². The number of carbonyl (C=O) groups is 3. The highest BCUT2D eigenvalue weighted by Crippen LogP contribution is 2.61. The molecule has 4 aliphatic carbocycles. The average molecular weight is 450 g/mol. The van der Waals surface area contributed by atoms with Gasteiger partial charge in [-0.15, -0.1) is 0 Å². The zero-order chi connectivity index (χ0) is 23.2. The molecule has 172 valence electrons. The van der Waals surface area contributed by atoms with Crippen LogP contribution in [0.3, 0.4) is 0 Å². The molecule has 0 spiro atoms. The Morgan fingerprint density at radius 3 is 1.97 bits per heavy atom. The summed E-state index contributed by atoms with van der Waals surface area (Å²) in [5.74, 6) is -0.331. The summed E-state index contributed by atoms with van der Waals surface area (Å²) in [6.45, 7) is 0. The van der Waals surface area contributed by atoms with Crippen LogP contribution in [0.2, 0.25) is 0 Å². The number of esters is 1. The lowest BCUT2D eigenvalue weighted by atomic mass is 9.48. The number of hydrogen-bond donors (Lipinski definition) is 2. The molecule has 33 heavy (non-hydrogen) atoms. The normalized spacial score (nSPS) is 28.2. The molecule has 4 fully saturated rings. The van der Waals surface area contributed by atoms with Gasteiger partial charge in [-0.05, 0) is 98.7 Å². The van der Waals surface area contributed by atoms with Gasteiger partial charge >= 0.3 is 17.9 Å². The molecule has 4 saturated carbocycles. The summed E-state index contributed by atoms with van der Waals surface area (Å²) in [7, 11) is 0. The minimum atomic E-state index is -1.07. The third-order valence-electron chi connectivity index (χ3n) is 7.50. The summed E-state index contributed by atoms with van der Waals surface area (Å²) in [4.78, 5) is 35.9. The quantitative estimate of drug-likeness (QED) is 0.467. The van der Waals surface area contributed by atoms with Crippen molar-refractivity contribution in [2.75, 3.05) is 0 Å². The molecule has 0 saturated heterocycles. The maximum absolute atomic E-state index is 12.6. The van der Waals surface area contributed by atoms with Gasteiger partial charge in [-0.25, -0.2) is 14.4 Å². The van der Waals surface area contributed by atoms with E-state index in [1.54, 1.807) is 18.2 Å². The van der Waals surface area contributed by atoms with Crippen molar-refractivity contribution in [3.8, 4) is 11.5 Å². The zero-order valence-electron chi connectivity index (χ0n) is 18.1. The number of benzene rings is 2. The SMILES string of the molecule is O=C(O)c1ccc(OC(=O)c2cccc(OC(C(=O)O)C34CC5CC(CC(C5)C3)C4)c2)cc1. The zero-order valence-corrected chi connectivity index (χ0v) is 18.1. The molecule has 0 amide bonds. The summed E-state index contributed by atoms with van der Waals surface area (Å²) < 4.78 is 11.4. The Bertz CT molecular complexity index is 1050. The van der Waals surface area contributed by atoms with E-state index >= 15 is 0 Å². The standard InChI is InChI=1S/C26H26O7/c27-23(28)18-4-6-20(7-5-18)33-25(31)19-2-1-3-21(11-19)32-22(24(29)30)26-12-15-8-16(13-26)10-17(9-15)14-26/h1-7,11,15-17,22H,8-10,12-14H2,(H,27,28)(H,29,30). The smallest absolute Gasteiger partial charge is 0.345 e. The van der Waals surface area contributed by atoms with Gasteiger partial charge in [-0.1, -0.05) is 6.07 Å². The molecule has 2 N–H and O–H groups in total. The second-order valence-electron chi connectivity index (χ2n) is 9.86. The van der Waals surface area contributed by atoms with E-state index in [4.69, 9.17) is 14.6 Å². The van der Waals surface area contributed by atoms with E-state index in [2.05, 4.69) is 0 Å². The van der Waals surface area contributed by atoms with Gasteiger partial charge in [0.1, 0.15) is 11.5 Å². The Hall–Kier alpha value is -3.35. The number of carbonyl (C=O) groups excluding carboxylic acids is 1. The predicted molar refractivity (Wildman–Crippen MR) is 117 cm³/mol. The fraction of sp³-hybridized carbons (Fsp3) is 0.423. The fourth-order valence-electron chi connectivity index (χ4n) is 6.60. The van der Waals surface area contributed by atoms with Gasteiger partial charge in [-0.2, -0.15) is 0 Å². The first-order valence-electron chi connectivity index (χ1n) is 11.4. The molecule has 0 aliphatic heterocycles. The van der Waals surface area contributed by atoms with Gasteiger partial charge < -0.3 is 19.7 Å². The van der Waals surface area contributed by atoms with E-state index in [9.17, 15) is 19.5 Å². The number of rotatable bonds is 7. The van der Waals surface area contributed by atoms with Crippen molar-refractivity contribution in [3.05, 3.63) is 59.7 Å². The van der Waals surface area contributed by atoms with Crippen molar-refractivity contribution >= 4 is 17.9 Å². The first-order chi connectivity index (χ1) is 15.8. The lowest BCUT2D eigenvalue weighted by Gasteiger charge is -2.58. The lowest BCUT2D eigenvalue weighted by molar-refractivity contribution is -0.166. The summed E-state index contributed by atoms with van der Waals surface area (Å²) in [5, 5.41) is 19.0. The van der Waals surface area contributed by atoms with Gasteiger partial charge in [0.05, 0.1) is 11.1 Å². The molecule has 0 radical (unpaired) electrons. The minimum Gasteiger partial charge on any atom is -0.478 e. The molecular formula is C26H26O7. The van der Waals surface area contributed by atoms with Crippen molar-refractivity contribution < 1.29 is 34.1 Å². The van der Waals surface area contributed by atoms with E-state index in [-0.39, 0.29) is 22.3 Å². The second kappa shape index (κ2) is 8.21. The summed E-state index contributed by atoms with van der Waals surface area (Å²) >= 11 is 0. The van der Waals surface area contributed by atoms with E-state index in [0.29, 0.717) is 23.5 Å². The van der Waals surface area contributed by atoms with Gasteiger partial charge in [0.25, 0.3) is 0 Å². The summed E-state index contributed by atoms with van der Waals surface area (Å²) in [5.41, 5.74) is -0.0257. The van der Waals surface area contributed by atoms with E-state index in [0.717, 1.165) is 19.3 Å². The van der Waals surface area contributed by atoms with Crippen molar-refractivity contribution in [2.24, 2.45) is 23.2 Å². The van der Waals surface area contributed by atoms with Crippen LogP contribution < -0.4 is 9.47 Å². The Morgan fingerprint density at radius 2 is 1.42 bits per heavy atom. The molecule has 6 rings (SSSR count). The van der Waals surface area contributed by atoms with Crippen molar-refractivity contribution in [3.63, 3.8) is 0 Å². The molecule has 7 heteroatoms. The van der Waals surface area contributed by atoms with E-state index < -0.39 is 24.0 Å². The largest absolute Gasteiger partial charge is 0.478 e. The van der Waals surface area contributed by atoms with Crippen LogP contribution in [0, 0.1) is 23.2 Å². The topological polar surface area (TPSA) is 110 Å². The van der Waals surface area contributed by atoms with Gasteiger partial charge in [0, 0.05) is 5.41 Å². The number of aromatic carboxylic acids is 1. The summed E-state index contributed by atoms with van der Waals surface area (Å²) in [6, 6.07) is 11.9. The highest BCUT2D eigenvalue weighted by Gasteiger charge is 2.57. The number of ether oxygens (including phenoxy) is 2. The number of carboxylic acids is 2. The first-order valence-corrected chi connectivity index (χ1v) is 11.4. The molecule has 1 atom stereocenters. The van der Waals surface area contributed by atoms with Crippen LogP contribution >= 0.6 is 0 Å². The second-order valence-corrected chi connectivity index (χ2v) is 9.86. The number of aliphatic carboxylic acids is 1. The van der Waals surface area contributed by atoms with Crippen molar-refractivity contribution in [1.82, 2.24) is 0 Å². The highest BCUT2D eigenvalue weighted by atomic mass is 16.5. The van der Waals surface area contributed by atoms with Crippen molar-refractivity contribution in [2.45, 2.75) is 44.6 Å². The maximum atomic E-state index is 12.6. The predicted octanol–water partition coefficient (Wildman–Crippen LogP) is 4.65. The molecular weight excluding hydrogens is 424 g/mol. The van der Waals surface area contributed by atoms with E-state index in [1.807, 2.05) is 0 Å². The van der Waals surface area contributed by atoms with E-state index in [1.165, 1.54) is 49.6 Å². The molecule has 7 nitrogen and oxygen atoms in total. The molecule has 2 aromatic carbocycles. The molecule has 1 unspecified atom stereocenters. The molecule has 4 aliphatic rings. The molecule has 0 aromatic heterocycles.